The van der Waals surface area contributed by atoms with Gasteiger partial charge in [0.05, 0.1) is 11.0 Å². The first-order chi connectivity index (χ1) is 9.99. The van der Waals surface area contributed by atoms with Crippen LogP contribution >= 0.6 is 0 Å². The lowest BCUT2D eigenvalue weighted by Crippen LogP contribution is -2.37. The van der Waals surface area contributed by atoms with Crippen molar-refractivity contribution in [3.8, 4) is 0 Å². The summed E-state index contributed by atoms with van der Waals surface area (Å²) < 4.78 is 34.2. The number of benzene rings is 1. The van der Waals surface area contributed by atoms with E-state index in [1.54, 1.807) is 39.8 Å². The number of nitrogens with one attached hydrogen (secondary N) is 1. The molecule has 124 valence electrons. The molecule has 1 aromatic rings. The molecule has 6 nitrogen and oxygen atoms in total. The summed E-state index contributed by atoms with van der Waals surface area (Å²) in [5, 5.41) is 2.47. The first-order valence-corrected chi connectivity index (χ1v) is 8.37. The Kier molecular flexibility index (Phi) is 5.96. The van der Waals surface area contributed by atoms with Gasteiger partial charge in [-0.25, -0.2) is 4.79 Å². The van der Waals surface area contributed by atoms with Crippen molar-refractivity contribution >= 4 is 16.2 Å². The predicted molar refractivity (Wildman–Crippen MR) is 83.1 cm³/mol. The van der Waals surface area contributed by atoms with Crippen molar-refractivity contribution in [3.05, 3.63) is 29.8 Å². The maximum Gasteiger partial charge on any atom is 0.407 e. The van der Waals surface area contributed by atoms with Gasteiger partial charge in [0.2, 0.25) is 0 Å². The van der Waals surface area contributed by atoms with Crippen LogP contribution < -0.4 is 5.32 Å². The van der Waals surface area contributed by atoms with Gasteiger partial charge in [0, 0.05) is 6.54 Å². The lowest BCUT2D eigenvalue weighted by molar-refractivity contribution is 0.0505. The van der Waals surface area contributed by atoms with Crippen molar-refractivity contribution in [2.24, 2.45) is 0 Å². The van der Waals surface area contributed by atoms with Gasteiger partial charge in [-0.1, -0.05) is 17.7 Å². The number of hydrogen-bond acceptors (Lipinski definition) is 5. The first-order valence-electron chi connectivity index (χ1n) is 6.96. The third-order valence-corrected chi connectivity index (χ3v) is 3.96. The smallest absolute Gasteiger partial charge is 0.407 e. The number of carbonyl (C=O) groups is 1. The van der Waals surface area contributed by atoms with Gasteiger partial charge in [-0.05, 0) is 46.8 Å². The second-order valence-corrected chi connectivity index (χ2v) is 7.63. The van der Waals surface area contributed by atoms with E-state index in [1.807, 2.05) is 6.92 Å². The Hall–Kier alpha value is -1.60. The number of carbonyl (C=O) groups excluding carboxylic acids is 1. The number of ether oxygens (including phenoxy) is 1. The minimum atomic E-state index is -3.85. The summed E-state index contributed by atoms with van der Waals surface area (Å²) >= 11 is 0. The minimum Gasteiger partial charge on any atom is -0.444 e. The fraction of sp³-hybridized carbons (Fsp3) is 0.533. The van der Waals surface area contributed by atoms with Crippen molar-refractivity contribution in [2.75, 3.05) is 6.54 Å². The zero-order chi connectivity index (χ0) is 17.0. The van der Waals surface area contributed by atoms with Crippen molar-refractivity contribution in [2.45, 2.75) is 51.2 Å². The Balaban J connectivity index is 2.55. The molecule has 0 unspecified atom stereocenters. The van der Waals surface area contributed by atoms with Crippen LogP contribution in [0, 0.1) is 6.92 Å². The van der Waals surface area contributed by atoms with Crippen molar-refractivity contribution in [1.82, 2.24) is 5.32 Å². The first kappa shape index (κ1) is 18.4. The van der Waals surface area contributed by atoms with Crippen LogP contribution in [0.25, 0.3) is 0 Å². The molecule has 0 bridgehead atoms. The van der Waals surface area contributed by atoms with Crippen LogP contribution in [0.5, 0.6) is 0 Å². The van der Waals surface area contributed by atoms with E-state index in [-0.39, 0.29) is 11.4 Å². The number of aryl methyl sites for hydroxylation is 1. The van der Waals surface area contributed by atoms with E-state index in [2.05, 4.69) is 5.32 Å². The van der Waals surface area contributed by atoms with Crippen LogP contribution in [-0.2, 0) is 19.0 Å². The highest BCUT2D eigenvalue weighted by Gasteiger charge is 2.21. The van der Waals surface area contributed by atoms with Crippen LogP contribution in [0.15, 0.2) is 29.2 Å². The van der Waals surface area contributed by atoms with Crippen LogP contribution in [-0.4, -0.2) is 32.8 Å². The Bertz CT molecular complexity index is 602. The molecule has 1 N–H and O–H groups in total. The molecule has 0 aliphatic carbocycles. The average molecular weight is 329 g/mol. The molecule has 0 aliphatic heterocycles. The molecule has 0 spiro atoms. The van der Waals surface area contributed by atoms with Gasteiger partial charge in [0.25, 0.3) is 10.1 Å². The van der Waals surface area contributed by atoms with Gasteiger partial charge in [0.15, 0.2) is 0 Å². The van der Waals surface area contributed by atoms with Gasteiger partial charge < -0.3 is 10.1 Å². The number of alkyl carbamates (subject to hydrolysis) is 1. The molecule has 22 heavy (non-hydrogen) atoms. The molecule has 1 aromatic carbocycles. The van der Waals surface area contributed by atoms with E-state index in [0.717, 1.165) is 5.56 Å². The number of rotatable bonds is 5. The maximum absolute atomic E-state index is 12.1. The summed E-state index contributed by atoms with van der Waals surface area (Å²) in [6.45, 7) is 8.69. The highest BCUT2D eigenvalue weighted by atomic mass is 32.2. The van der Waals surface area contributed by atoms with Crippen LogP contribution in [0.1, 0.15) is 33.3 Å². The molecule has 0 saturated heterocycles. The summed E-state index contributed by atoms with van der Waals surface area (Å²) in [4.78, 5) is 11.6. The van der Waals surface area contributed by atoms with Gasteiger partial charge in [-0.2, -0.15) is 8.42 Å². The molecule has 1 atom stereocenters. The quantitative estimate of drug-likeness (QED) is 0.840. The predicted octanol–water partition coefficient (Wildman–Crippen LogP) is 2.61. The number of hydrogen-bond donors (Lipinski definition) is 1. The van der Waals surface area contributed by atoms with Crippen LogP contribution in [0.2, 0.25) is 0 Å². The third-order valence-electron chi connectivity index (χ3n) is 2.53. The molecule has 0 radical (unpaired) electrons. The molecule has 1 amide bonds. The lowest BCUT2D eigenvalue weighted by atomic mass is 10.2. The summed E-state index contributed by atoms with van der Waals surface area (Å²) in [6, 6.07) is 6.36. The van der Waals surface area contributed by atoms with E-state index in [0.29, 0.717) is 0 Å². The van der Waals surface area contributed by atoms with E-state index < -0.39 is 27.9 Å². The van der Waals surface area contributed by atoms with Crippen molar-refractivity contribution in [1.29, 1.82) is 0 Å². The summed E-state index contributed by atoms with van der Waals surface area (Å²) in [5.41, 5.74) is 0.348. The van der Waals surface area contributed by atoms with Crippen molar-refractivity contribution in [3.63, 3.8) is 0 Å². The van der Waals surface area contributed by atoms with Gasteiger partial charge in [-0.3, -0.25) is 4.18 Å². The second kappa shape index (κ2) is 7.11. The SMILES string of the molecule is Cc1ccc(S(=O)(=O)O[C@@H](C)CNC(=O)OC(C)(C)C)cc1. The fourth-order valence-corrected chi connectivity index (χ4v) is 2.63. The van der Waals surface area contributed by atoms with E-state index in [1.165, 1.54) is 12.1 Å². The van der Waals surface area contributed by atoms with E-state index >= 15 is 0 Å². The zero-order valence-corrected chi connectivity index (χ0v) is 14.4. The molecule has 0 aromatic heterocycles. The standard InChI is InChI=1S/C15H23NO5S/c1-11-6-8-13(9-7-11)22(18,19)21-12(2)10-16-14(17)20-15(3,4)5/h6-9,12H,10H2,1-5H3,(H,16,17)/t12-/m0/s1. The molecule has 1 rings (SSSR count). The van der Waals surface area contributed by atoms with Gasteiger partial charge in [-0.15, -0.1) is 0 Å². The molecular weight excluding hydrogens is 306 g/mol. The normalized spacial score (nSPS) is 13.5. The van der Waals surface area contributed by atoms with Gasteiger partial charge >= 0.3 is 6.09 Å². The Morgan fingerprint density at radius 3 is 2.27 bits per heavy atom. The Morgan fingerprint density at radius 2 is 1.77 bits per heavy atom. The molecule has 0 saturated carbocycles. The highest BCUT2D eigenvalue weighted by Crippen LogP contribution is 2.15. The lowest BCUT2D eigenvalue weighted by Gasteiger charge is -2.20. The van der Waals surface area contributed by atoms with Crippen LogP contribution in [0.4, 0.5) is 4.79 Å². The summed E-state index contributed by atoms with van der Waals surface area (Å²) in [5.74, 6) is 0. The zero-order valence-electron chi connectivity index (χ0n) is 13.5. The summed E-state index contributed by atoms with van der Waals surface area (Å²) in [7, 11) is -3.85. The minimum absolute atomic E-state index is 0.0278. The molecule has 7 heteroatoms. The van der Waals surface area contributed by atoms with Crippen molar-refractivity contribution < 1.29 is 22.1 Å². The maximum atomic E-state index is 12.1. The van der Waals surface area contributed by atoms with E-state index in [4.69, 9.17) is 8.92 Å². The number of amides is 1. The topological polar surface area (TPSA) is 81.7 Å². The Labute approximate surface area is 131 Å². The van der Waals surface area contributed by atoms with E-state index in [9.17, 15) is 13.2 Å². The van der Waals surface area contributed by atoms with Gasteiger partial charge in [0.1, 0.15) is 5.60 Å². The van der Waals surface area contributed by atoms with Crippen LogP contribution in [0.3, 0.4) is 0 Å². The average Bonchev–Trinajstić information content (AvgIpc) is 2.34. The fourth-order valence-electron chi connectivity index (χ4n) is 1.55. The molecular formula is C15H23NO5S. The Morgan fingerprint density at radius 1 is 1.23 bits per heavy atom. The molecule has 0 fully saturated rings. The third kappa shape index (κ3) is 6.44. The molecule has 0 aliphatic rings. The summed E-state index contributed by atoms with van der Waals surface area (Å²) in [6.07, 6.45) is -1.32. The largest absolute Gasteiger partial charge is 0.444 e. The second-order valence-electron chi connectivity index (χ2n) is 6.06. The molecule has 0 heterocycles. The monoisotopic (exact) mass is 329 g/mol. The highest BCUT2D eigenvalue weighted by molar-refractivity contribution is 7.86.